The second-order valence-corrected chi connectivity index (χ2v) is 10.4. The van der Waals surface area contributed by atoms with Crippen LogP contribution in [0.2, 0.25) is 0 Å². The second-order valence-electron chi connectivity index (χ2n) is 10.4. The molecule has 10 nitrogen and oxygen atoms in total. The standard InChI is InChI=1S/C26H35N7O3/c1-16(2)33-24(28-15-29-33)20-13-31-10-11-36-22-12-17(6-7-19(22)23(31)30-20)18-8-9-32(14-21(18)34)26(3,4)25(35)27-5/h6-7,12-13,15-16,18,21,34H,8-11,14H2,1-5H3,(H,27,35). The number of aliphatic hydroxyl groups excluding tert-OH is 1. The number of amides is 1. The summed E-state index contributed by atoms with van der Waals surface area (Å²) in [6, 6.07) is 6.33. The molecular weight excluding hydrogens is 458 g/mol. The molecule has 2 aliphatic rings. The molecule has 3 aromatic rings. The Morgan fingerprint density at radius 1 is 1.25 bits per heavy atom. The molecule has 1 amide bonds. The Morgan fingerprint density at radius 2 is 2.06 bits per heavy atom. The summed E-state index contributed by atoms with van der Waals surface area (Å²) in [5.74, 6) is 2.28. The molecule has 5 rings (SSSR count). The zero-order valence-corrected chi connectivity index (χ0v) is 21.6. The van der Waals surface area contributed by atoms with Crippen molar-refractivity contribution >= 4 is 5.91 Å². The summed E-state index contributed by atoms with van der Waals surface area (Å²) in [6.07, 6.45) is 3.75. The number of piperidine rings is 1. The molecule has 2 aliphatic heterocycles. The van der Waals surface area contributed by atoms with Crippen LogP contribution < -0.4 is 10.1 Å². The van der Waals surface area contributed by atoms with Gasteiger partial charge in [0.2, 0.25) is 5.91 Å². The summed E-state index contributed by atoms with van der Waals surface area (Å²) >= 11 is 0. The number of carbonyl (C=O) groups excluding carboxylic acids is 1. The number of fused-ring (bicyclic) bond motifs is 3. The zero-order valence-electron chi connectivity index (χ0n) is 21.6. The van der Waals surface area contributed by atoms with Crippen LogP contribution in [0, 0.1) is 0 Å². The number of likely N-dealkylation sites (N-methyl/N-ethyl adjacent to an activating group) is 1. The smallest absolute Gasteiger partial charge is 0.239 e. The minimum Gasteiger partial charge on any atom is -0.491 e. The van der Waals surface area contributed by atoms with E-state index in [1.807, 2.05) is 36.9 Å². The second kappa shape index (κ2) is 9.33. The molecule has 1 saturated heterocycles. The van der Waals surface area contributed by atoms with Gasteiger partial charge in [-0.3, -0.25) is 9.69 Å². The van der Waals surface area contributed by atoms with Crippen LogP contribution in [0.5, 0.6) is 5.75 Å². The molecule has 1 fully saturated rings. The number of carbonyl (C=O) groups is 1. The number of ether oxygens (including phenoxy) is 1. The number of benzene rings is 1. The van der Waals surface area contributed by atoms with E-state index >= 15 is 0 Å². The summed E-state index contributed by atoms with van der Waals surface area (Å²) in [6.45, 7) is 10.3. The SMILES string of the molecule is CNC(=O)C(C)(C)N1CCC(c2ccc3c(c2)OCCn2cc(-c4ncnn4C(C)C)nc2-3)C(O)C1. The maximum absolute atomic E-state index is 12.3. The van der Waals surface area contributed by atoms with E-state index in [1.165, 1.54) is 0 Å². The van der Waals surface area contributed by atoms with Crippen LogP contribution in [0.25, 0.3) is 22.9 Å². The number of aliphatic hydroxyl groups is 1. The number of hydrogen-bond donors (Lipinski definition) is 2. The Labute approximate surface area is 211 Å². The maximum Gasteiger partial charge on any atom is 0.239 e. The number of likely N-dealkylation sites (tertiary alicyclic amines) is 1. The Balaban J connectivity index is 1.41. The van der Waals surface area contributed by atoms with Crippen LogP contribution >= 0.6 is 0 Å². The van der Waals surface area contributed by atoms with Gasteiger partial charge in [-0.15, -0.1) is 0 Å². The van der Waals surface area contributed by atoms with Crippen LogP contribution in [0.4, 0.5) is 0 Å². The molecule has 2 atom stereocenters. The van der Waals surface area contributed by atoms with Crippen LogP contribution in [-0.4, -0.2) is 78.6 Å². The topological polar surface area (TPSA) is 110 Å². The quantitative estimate of drug-likeness (QED) is 0.562. The van der Waals surface area contributed by atoms with Crippen molar-refractivity contribution in [3.63, 3.8) is 0 Å². The molecule has 4 heterocycles. The Bertz CT molecular complexity index is 1260. The van der Waals surface area contributed by atoms with Gasteiger partial charge in [0.05, 0.1) is 23.8 Å². The third kappa shape index (κ3) is 4.18. The van der Waals surface area contributed by atoms with Gasteiger partial charge in [0.15, 0.2) is 5.82 Å². The highest BCUT2D eigenvalue weighted by atomic mass is 16.5. The predicted octanol–water partition coefficient (Wildman–Crippen LogP) is 2.46. The first-order chi connectivity index (χ1) is 17.2. The first kappa shape index (κ1) is 24.5. The summed E-state index contributed by atoms with van der Waals surface area (Å²) in [7, 11) is 1.65. The van der Waals surface area contributed by atoms with Crippen molar-refractivity contribution in [3.05, 3.63) is 36.3 Å². The minimum atomic E-state index is -0.674. The highest BCUT2D eigenvalue weighted by molar-refractivity contribution is 5.85. The molecule has 1 aromatic carbocycles. The van der Waals surface area contributed by atoms with E-state index in [4.69, 9.17) is 9.72 Å². The van der Waals surface area contributed by atoms with Gasteiger partial charge in [0, 0.05) is 31.7 Å². The average Bonchev–Trinajstić information content (AvgIpc) is 3.47. The summed E-state index contributed by atoms with van der Waals surface area (Å²) < 4.78 is 10.1. The monoisotopic (exact) mass is 493 g/mol. The number of imidazole rings is 1. The molecule has 2 aromatic heterocycles. The van der Waals surface area contributed by atoms with E-state index < -0.39 is 11.6 Å². The van der Waals surface area contributed by atoms with E-state index in [0.717, 1.165) is 47.2 Å². The van der Waals surface area contributed by atoms with Crippen molar-refractivity contribution in [2.24, 2.45) is 0 Å². The predicted molar refractivity (Wildman–Crippen MR) is 136 cm³/mol. The van der Waals surface area contributed by atoms with Gasteiger partial charge in [-0.25, -0.2) is 14.6 Å². The van der Waals surface area contributed by atoms with E-state index in [0.29, 0.717) is 19.7 Å². The number of nitrogens with zero attached hydrogens (tertiary/aromatic N) is 6. The van der Waals surface area contributed by atoms with Crippen LogP contribution in [-0.2, 0) is 11.3 Å². The lowest BCUT2D eigenvalue weighted by Crippen LogP contribution is -2.59. The van der Waals surface area contributed by atoms with E-state index in [2.05, 4.69) is 44.8 Å². The maximum atomic E-state index is 12.3. The fraction of sp³-hybridized carbons (Fsp3) is 0.538. The molecule has 0 spiro atoms. The van der Waals surface area contributed by atoms with Crippen molar-refractivity contribution in [2.75, 3.05) is 26.7 Å². The van der Waals surface area contributed by atoms with Crippen molar-refractivity contribution in [3.8, 4) is 28.7 Å². The van der Waals surface area contributed by atoms with Crippen LogP contribution in [0.15, 0.2) is 30.7 Å². The first-order valence-electron chi connectivity index (χ1n) is 12.6. The van der Waals surface area contributed by atoms with Gasteiger partial charge in [-0.05, 0) is 58.4 Å². The molecule has 36 heavy (non-hydrogen) atoms. The fourth-order valence-electron chi connectivity index (χ4n) is 5.33. The van der Waals surface area contributed by atoms with E-state index in [1.54, 1.807) is 13.4 Å². The lowest BCUT2D eigenvalue weighted by molar-refractivity contribution is -0.133. The van der Waals surface area contributed by atoms with Crippen LogP contribution in [0.3, 0.4) is 0 Å². The average molecular weight is 494 g/mol. The van der Waals surface area contributed by atoms with E-state index in [9.17, 15) is 9.90 Å². The van der Waals surface area contributed by atoms with Gasteiger partial charge in [0.25, 0.3) is 0 Å². The fourth-order valence-corrected chi connectivity index (χ4v) is 5.33. The van der Waals surface area contributed by atoms with E-state index in [-0.39, 0.29) is 17.9 Å². The molecular formula is C26H35N7O3. The van der Waals surface area contributed by atoms with Gasteiger partial charge in [-0.2, -0.15) is 5.10 Å². The van der Waals surface area contributed by atoms with Gasteiger partial charge >= 0.3 is 0 Å². The molecule has 0 radical (unpaired) electrons. The van der Waals surface area contributed by atoms with Crippen molar-refractivity contribution in [1.82, 2.24) is 34.5 Å². The Kier molecular flexibility index (Phi) is 6.34. The highest BCUT2D eigenvalue weighted by Crippen LogP contribution is 2.39. The number of nitrogens with one attached hydrogen (secondary N) is 1. The minimum absolute atomic E-state index is 0.0289. The Morgan fingerprint density at radius 3 is 2.78 bits per heavy atom. The molecule has 2 unspecified atom stereocenters. The first-order valence-corrected chi connectivity index (χ1v) is 12.6. The highest BCUT2D eigenvalue weighted by Gasteiger charge is 2.40. The molecule has 2 N–H and O–H groups in total. The van der Waals surface area contributed by atoms with Gasteiger partial charge in [0.1, 0.15) is 30.2 Å². The molecule has 0 aliphatic carbocycles. The largest absolute Gasteiger partial charge is 0.491 e. The Hall–Kier alpha value is -3.24. The molecule has 0 saturated carbocycles. The molecule has 192 valence electrons. The lowest BCUT2D eigenvalue weighted by Gasteiger charge is -2.44. The number of aromatic nitrogens is 5. The van der Waals surface area contributed by atoms with Gasteiger partial charge in [-0.1, -0.05) is 6.07 Å². The third-order valence-electron chi connectivity index (χ3n) is 7.49. The normalized spacial score (nSPS) is 20.4. The number of β-amino-alcohol motifs (C(OH)–C–C–N with tert-alkyl or cyclic N) is 1. The van der Waals surface area contributed by atoms with Gasteiger partial charge < -0.3 is 19.7 Å². The zero-order chi connectivity index (χ0) is 25.6. The molecule has 10 heteroatoms. The number of hydrogen-bond acceptors (Lipinski definition) is 7. The van der Waals surface area contributed by atoms with Crippen molar-refractivity contribution < 1.29 is 14.6 Å². The van der Waals surface area contributed by atoms with Crippen LogP contribution in [0.1, 0.15) is 51.6 Å². The lowest BCUT2D eigenvalue weighted by atomic mass is 9.84. The summed E-state index contributed by atoms with van der Waals surface area (Å²) in [4.78, 5) is 23.8. The summed E-state index contributed by atoms with van der Waals surface area (Å²) in [5, 5.41) is 18.1. The number of rotatable bonds is 5. The summed E-state index contributed by atoms with van der Waals surface area (Å²) in [5.41, 5.74) is 2.07. The third-order valence-corrected chi connectivity index (χ3v) is 7.49. The van der Waals surface area contributed by atoms with Crippen molar-refractivity contribution in [1.29, 1.82) is 0 Å². The molecule has 0 bridgehead atoms. The van der Waals surface area contributed by atoms with Crippen molar-refractivity contribution in [2.45, 2.75) is 64.3 Å².